The van der Waals surface area contributed by atoms with Gasteiger partial charge in [-0.2, -0.15) is 0 Å². The lowest BCUT2D eigenvalue weighted by atomic mass is 10.1. The molecule has 2 aromatic heterocycles. The van der Waals surface area contributed by atoms with Gasteiger partial charge in [-0.3, -0.25) is 0 Å². The van der Waals surface area contributed by atoms with E-state index in [4.69, 9.17) is 8.83 Å². The third-order valence-electron chi connectivity index (χ3n) is 2.41. The molecule has 0 saturated carbocycles. The zero-order valence-electron chi connectivity index (χ0n) is 10.7. The van der Waals surface area contributed by atoms with E-state index in [1.807, 2.05) is 13.0 Å². The number of oxazole rings is 1. The molecule has 0 unspecified atom stereocenters. The number of rotatable bonds is 3. The molecule has 0 amide bonds. The summed E-state index contributed by atoms with van der Waals surface area (Å²) in [5.41, 5.74) is 1.10. The molecule has 0 aromatic carbocycles. The maximum Gasteiger partial charge on any atom is 0.209 e. The molecule has 0 spiro atoms. The van der Waals surface area contributed by atoms with Gasteiger partial charge in [0.1, 0.15) is 0 Å². The Morgan fingerprint density at radius 2 is 2.12 bits per heavy atom. The van der Waals surface area contributed by atoms with Crippen LogP contribution in [0, 0.1) is 6.92 Å². The molecule has 4 nitrogen and oxygen atoms in total. The summed E-state index contributed by atoms with van der Waals surface area (Å²) in [6.45, 7) is 8.91. The van der Waals surface area contributed by atoms with Crippen molar-refractivity contribution in [3.63, 3.8) is 0 Å². The Morgan fingerprint density at radius 3 is 2.71 bits per heavy atom. The average molecular weight is 234 g/mol. The van der Waals surface area contributed by atoms with Crippen molar-refractivity contribution in [3.05, 3.63) is 30.0 Å². The Hall–Kier alpha value is -1.55. The number of nitrogens with zero attached hydrogens (tertiary/aromatic N) is 1. The van der Waals surface area contributed by atoms with Crippen LogP contribution in [0.1, 0.15) is 32.2 Å². The number of hydrogen-bond donors (Lipinski definition) is 1. The van der Waals surface area contributed by atoms with E-state index >= 15 is 0 Å². The van der Waals surface area contributed by atoms with E-state index in [-0.39, 0.29) is 5.54 Å². The van der Waals surface area contributed by atoms with Gasteiger partial charge >= 0.3 is 0 Å². The van der Waals surface area contributed by atoms with E-state index in [1.165, 1.54) is 0 Å². The fourth-order valence-corrected chi connectivity index (χ4v) is 1.46. The van der Waals surface area contributed by atoms with Crippen LogP contribution in [0.2, 0.25) is 0 Å². The predicted molar refractivity (Wildman–Crippen MR) is 65.5 cm³/mol. The fraction of sp³-hybridized carbons (Fsp3) is 0.462. The molecule has 1 N–H and O–H groups in total. The molecule has 0 atom stereocenters. The summed E-state index contributed by atoms with van der Waals surface area (Å²) in [5.74, 6) is 2.10. The van der Waals surface area contributed by atoms with Crippen LogP contribution in [0.25, 0.3) is 11.5 Å². The first-order valence-electron chi connectivity index (χ1n) is 5.70. The Morgan fingerprint density at radius 1 is 1.35 bits per heavy atom. The zero-order valence-corrected chi connectivity index (χ0v) is 10.7. The monoisotopic (exact) mass is 234 g/mol. The number of aryl methyl sites for hydroxylation is 1. The molecule has 2 aromatic rings. The summed E-state index contributed by atoms with van der Waals surface area (Å²) in [7, 11) is 0. The van der Waals surface area contributed by atoms with Crippen molar-refractivity contribution >= 4 is 0 Å². The molecule has 0 aliphatic rings. The van der Waals surface area contributed by atoms with Crippen LogP contribution < -0.4 is 5.32 Å². The van der Waals surface area contributed by atoms with Crippen LogP contribution in [-0.4, -0.2) is 10.5 Å². The highest BCUT2D eigenvalue weighted by Crippen LogP contribution is 2.24. The second-order valence-electron chi connectivity index (χ2n) is 5.15. The van der Waals surface area contributed by atoms with E-state index in [0.717, 1.165) is 11.3 Å². The Balaban J connectivity index is 2.09. The lowest BCUT2D eigenvalue weighted by molar-refractivity contribution is 0.381. The predicted octanol–water partition coefficient (Wildman–Crippen LogP) is 3.13. The number of hydrogen-bond acceptors (Lipinski definition) is 4. The molecule has 0 saturated heterocycles. The van der Waals surface area contributed by atoms with Gasteiger partial charge in [0.2, 0.25) is 5.89 Å². The third kappa shape index (κ3) is 2.97. The van der Waals surface area contributed by atoms with Crippen molar-refractivity contribution in [2.24, 2.45) is 0 Å². The third-order valence-corrected chi connectivity index (χ3v) is 2.41. The summed E-state index contributed by atoms with van der Waals surface area (Å²) in [6, 6.07) is 1.91. The molecular weight excluding hydrogens is 216 g/mol. The standard InChI is InChI=1S/C13H18N2O2/c1-9-5-6-16-12(9)10-7-14-11(17-10)8-15-13(2,3)4/h5-7,15H,8H2,1-4H3. The van der Waals surface area contributed by atoms with E-state index in [2.05, 4.69) is 31.1 Å². The van der Waals surface area contributed by atoms with Gasteiger partial charge in [0.25, 0.3) is 0 Å². The van der Waals surface area contributed by atoms with E-state index < -0.39 is 0 Å². The minimum atomic E-state index is 0.0508. The van der Waals surface area contributed by atoms with Crippen molar-refractivity contribution in [1.82, 2.24) is 10.3 Å². The van der Waals surface area contributed by atoms with Gasteiger partial charge in [-0.15, -0.1) is 0 Å². The van der Waals surface area contributed by atoms with Crippen LogP contribution in [0.3, 0.4) is 0 Å². The number of aromatic nitrogens is 1. The highest BCUT2D eigenvalue weighted by molar-refractivity contribution is 5.53. The summed E-state index contributed by atoms with van der Waals surface area (Å²) < 4.78 is 11.0. The minimum Gasteiger partial charge on any atom is -0.461 e. The van der Waals surface area contributed by atoms with E-state index in [0.29, 0.717) is 18.2 Å². The summed E-state index contributed by atoms with van der Waals surface area (Å²) in [4.78, 5) is 4.23. The average Bonchev–Trinajstić information content (AvgIpc) is 2.81. The van der Waals surface area contributed by atoms with Gasteiger partial charge in [-0.05, 0) is 39.3 Å². The first kappa shape index (κ1) is 11.9. The Kier molecular flexibility index (Phi) is 3.07. The molecule has 2 rings (SSSR count). The van der Waals surface area contributed by atoms with Crippen molar-refractivity contribution < 1.29 is 8.83 Å². The maximum atomic E-state index is 5.64. The largest absolute Gasteiger partial charge is 0.461 e. The normalized spacial score (nSPS) is 12.0. The maximum absolute atomic E-state index is 5.64. The Labute approximate surface area is 101 Å². The molecule has 4 heteroatoms. The van der Waals surface area contributed by atoms with Crippen LogP contribution in [0.4, 0.5) is 0 Å². The number of furan rings is 1. The van der Waals surface area contributed by atoms with Crippen LogP contribution in [0.5, 0.6) is 0 Å². The first-order valence-corrected chi connectivity index (χ1v) is 5.70. The summed E-state index contributed by atoms with van der Waals surface area (Å²) in [5, 5.41) is 3.32. The van der Waals surface area contributed by atoms with Gasteiger partial charge in [0.15, 0.2) is 11.5 Å². The molecule has 0 radical (unpaired) electrons. The zero-order chi connectivity index (χ0) is 12.5. The lowest BCUT2D eigenvalue weighted by Gasteiger charge is -2.18. The lowest BCUT2D eigenvalue weighted by Crippen LogP contribution is -2.35. The SMILES string of the molecule is Cc1ccoc1-c1cnc(CNC(C)(C)C)o1. The number of nitrogens with one attached hydrogen (secondary N) is 1. The topological polar surface area (TPSA) is 51.2 Å². The van der Waals surface area contributed by atoms with E-state index in [9.17, 15) is 0 Å². The molecular formula is C13H18N2O2. The van der Waals surface area contributed by atoms with Crippen molar-refractivity contribution in [2.45, 2.75) is 39.8 Å². The molecule has 0 bridgehead atoms. The van der Waals surface area contributed by atoms with Crippen molar-refractivity contribution in [1.29, 1.82) is 0 Å². The van der Waals surface area contributed by atoms with Crippen LogP contribution in [0.15, 0.2) is 27.4 Å². The summed E-state index contributed by atoms with van der Waals surface area (Å²) in [6.07, 6.45) is 3.35. The van der Waals surface area contributed by atoms with Gasteiger partial charge in [0.05, 0.1) is 19.0 Å². The molecule has 92 valence electrons. The van der Waals surface area contributed by atoms with Crippen molar-refractivity contribution in [2.75, 3.05) is 0 Å². The smallest absolute Gasteiger partial charge is 0.209 e. The van der Waals surface area contributed by atoms with Crippen LogP contribution in [-0.2, 0) is 6.54 Å². The second-order valence-corrected chi connectivity index (χ2v) is 5.15. The Bertz CT molecular complexity index is 491. The van der Waals surface area contributed by atoms with Gasteiger partial charge in [-0.1, -0.05) is 0 Å². The summed E-state index contributed by atoms with van der Waals surface area (Å²) >= 11 is 0. The van der Waals surface area contributed by atoms with Crippen LogP contribution >= 0.6 is 0 Å². The second kappa shape index (κ2) is 4.37. The highest BCUT2D eigenvalue weighted by Gasteiger charge is 2.14. The molecule has 0 aliphatic carbocycles. The quantitative estimate of drug-likeness (QED) is 0.886. The first-order chi connectivity index (χ1) is 7.96. The van der Waals surface area contributed by atoms with Gasteiger partial charge in [-0.25, -0.2) is 4.98 Å². The molecule has 17 heavy (non-hydrogen) atoms. The van der Waals surface area contributed by atoms with Gasteiger partial charge < -0.3 is 14.2 Å². The van der Waals surface area contributed by atoms with E-state index in [1.54, 1.807) is 12.5 Å². The minimum absolute atomic E-state index is 0.0508. The molecule has 2 heterocycles. The van der Waals surface area contributed by atoms with Crippen molar-refractivity contribution in [3.8, 4) is 11.5 Å². The fourth-order valence-electron chi connectivity index (χ4n) is 1.46. The molecule has 0 aliphatic heterocycles. The van der Waals surface area contributed by atoms with Gasteiger partial charge in [0, 0.05) is 5.54 Å². The highest BCUT2D eigenvalue weighted by atomic mass is 16.4. The molecule has 0 fully saturated rings.